The first-order valence-corrected chi connectivity index (χ1v) is 13.2. The van der Waals surface area contributed by atoms with Gasteiger partial charge in [-0.3, -0.25) is 14.6 Å². The third kappa shape index (κ3) is 7.18. The summed E-state index contributed by atoms with van der Waals surface area (Å²) in [5, 5.41) is 10.2. The van der Waals surface area contributed by atoms with Crippen LogP contribution in [0.25, 0.3) is 0 Å². The number of nitrogens with zero attached hydrogens (tertiary/aromatic N) is 3. The Morgan fingerprint density at radius 2 is 2.00 bits per heavy atom. The summed E-state index contributed by atoms with van der Waals surface area (Å²) in [7, 11) is 0. The molecule has 0 N–H and O–H groups in total. The molecule has 1 aromatic rings. The van der Waals surface area contributed by atoms with Gasteiger partial charge in [-0.2, -0.15) is 5.26 Å². The van der Waals surface area contributed by atoms with Crippen LogP contribution in [0.4, 0.5) is 4.39 Å². The summed E-state index contributed by atoms with van der Waals surface area (Å²) >= 11 is 0. The average Bonchev–Trinajstić information content (AvgIpc) is 2.89. The summed E-state index contributed by atoms with van der Waals surface area (Å²) < 4.78 is 24.2. The van der Waals surface area contributed by atoms with Crippen molar-refractivity contribution in [1.29, 1.82) is 5.26 Å². The van der Waals surface area contributed by atoms with Gasteiger partial charge in [0.15, 0.2) is 0 Å². The lowest BCUT2D eigenvalue weighted by Crippen LogP contribution is -2.57. The molecule has 0 radical (unpaired) electrons. The highest BCUT2D eigenvalue weighted by Crippen LogP contribution is 2.42. The largest absolute Gasteiger partial charge is 0.492 e. The number of nitriles is 1. The molecule has 2 atom stereocenters. The van der Waals surface area contributed by atoms with E-state index >= 15 is 0 Å². The molecule has 0 saturated carbocycles. The zero-order valence-electron chi connectivity index (χ0n) is 21.9. The lowest BCUT2D eigenvalue weighted by atomic mass is 9.68. The van der Waals surface area contributed by atoms with Crippen molar-refractivity contribution in [2.24, 2.45) is 11.3 Å². The summed E-state index contributed by atoms with van der Waals surface area (Å²) in [6.45, 7) is 10.5. The van der Waals surface area contributed by atoms with Crippen LogP contribution in [0.2, 0.25) is 0 Å². The van der Waals surface area contributed by atoms with Crippen molar-refractivity contribution in [3.05, 3.63) is 53.9 Å². The average molecular weight is 498 g/mol. The van der Waals surface area contributed by atoms with Crippen LogP contribution in [0.3, 0.4) is 0 Å². The van der Waals surface area contributed by atoms with E-state index in [2.05, 4.69) is 47.9 Å². The Labute approximate surface area is 215 Å². The van der Waals surface area contributed by atoms with Crippen LogP contribution in [-0.4, -0.2) is 67.7 Å². The molecule has 0 amide bonds. The van der Waals surface area contributed by atoms with Crippen molar-refractivity contribution in [2.75, 3.05) is 45.9 Å². The van der Waals surface area contributed by atoms with Crippen molar-refractivity contribution in [3.63, 3.8) is 0 Å². The number of hydrogen-bond donors (Lipinski definition) is 0. The van der Waals surface area contributed by atoms with E-state index in [1.807, 2.05) is 6.92 Å². The van der Waals surface area contributed by atoms with E-state index in [0.29, 0.717) is 32.1 Å². The van der Waals surface area contributed by atoms with Crippen LogP contribution in [-0.2, 0) is 9.53 Å². The molecule has 2 aliphatic rings. The standard InChI is InChI=1S/C29H40FN3O3/c1-4-35-28(34)27-21-32(19-20-36-26-13-11-25(30)12-14-26)17-18-33(27)16-8-15-29(22-31,23(2)3)24-9-6-5-7-10-24/h6,9-14,23,27H,4-5,7-8,15-21H2,1-3H3. The van der Waals surface area contributed by atoms with E-state index in [0.717, 1.165) is 50.9 Å². The van der Waals surface area contributed by atoms with Gasteiger partial charge in [0.2, 0.25) is 0 Å². The highest BCUT2D eigenvalue weighted by atomic mass is 19.1. The molecule has 0 aromatic heterocycles. The molecule has 1 aliphatic heterocycles. The van der Waals surface area contributed by atoms with E-state index in [1.54, 1.807) is 12.1 Å². The molecule has 1 aromatic carbocycles. The van der Waals surface area contributed by atoms with Crippen molar-refractivity contribution in [2.45, 2.75) is 52.5 Å². The van der Waals surface area contributed by atoms with Gasteiger partial charge in [0.05, 0.1) is 18.1 Å². The number of allylic oxidation sites excluding steroid dienone is 4. The summed E-state index contributed by atoms with van der Waals surface area (Å²) in [5.41, 5.74) is 0.634. The second kappa shape index (κ2) is 13.6. The molecular formula is C29H40FN3O3. The number of carbonyl (C=O) groups is 1. The highest BCUT2D eigenvalue weighted by Gasteiger charge is 2.38. The van der Waals surface area contributed by atoms with Gasteiger partial charge in [0.25, 0.3) is 0 Å². The first-order valence-electron chi connectivity index (χ1n) is 13.2. The highest BCUT2D eigenvalue weighted by molar-refractivity contribution is 5.76. The smallest absolute Gasteiger partial charge is 0.324 e. The zero-order chi connectivity index (χ0) is 26.0. The summed E-state index contributed by atoms with van der Waals surface area (Å²) in [6.07, 6.45) is 10.1. The molecule has 1 fully saturated rings. The van der Waals surface area contributed by atoms with Crippen molar-refractivity contribution in [1.82, 2.24) is 9.80 Å². The molecule has 1 aliphatic carbocycles. The molecular weight excluding hydrogens is 457 g/mol. The maximum atomic E-state index is 13.1. The summed E-state index contributed by atoms with van der Waals surface area (Å²) in [4.78, 5) is 17.3. The van der Waals surface area contributed by atoms with Crippen LogP contribution in [0, 0.1) is 28.5 Å². The van der Waals surface area contributed by atoms with Crippen molar-refractivity contribution in [3.8, 4) is 11.8 Å². The minimum Gasteiger partial charge on any atom is -0.492 e. The number of esters is 1. The van der Waals surface area contributed by atoms with Gasteiger partial charge in [-0.1, -0.05) is 32.1 Å². The fraction of sp³-hybridized carbons (Fsp3) is 0.586. The van der Waals surface area contributed by atoms with Gasteiger partial charge < -0.3 is 9.47 Å². The van der Waals surface area contributed by atoms with Crippen LogP contribution in [0.1, 0.15) is 46.5 Å². The van der Waals surface area contributed by atoms with Gasteiger partial charge in [0, 0.05) is 26.2 Å². The summed E-state index contributed by atoms with van der Waals surface area (Å²) in [5.74, 6) is 0.347. The predicted molar refractivity (Wildman–Crippen MR) is 139 cm³/mol. The Morgan fingerprint density at radius 1 is 1.22 bits per heavy atom. The van der Waals surface area contributed by atoms with Gasteiger partial charge in [-0.25, -0.2) is 4.39 Å². The maximum absolute atomic E-state index is 13.1. The number of hydrogen-bond acceptors (Lipinski definition) is 6. The molecule has 1 heterocycles. The van der Waals surface area contributed by atoms with Gasteiger partial charge in [-0.05, 0) is 74.9 Å². The Hall–Kier alpha value is -2.69. The molecule has 3 rings (SSSR count). The fourth-order valence-electron chi connectivity index (χ4n) is 5.15. The SMILES string of the molecule is CCOC(=O)C1CN(CCOc2ccc(F)cc2)CCN1CCCC(C#N)(C1=CCCC=C1)C(C)C. The Kier molecular flexibility index (Phi) is 10.5. The first kappa shape index (κ1) is 27.9. The zero-order valence-corrected chi connectivity index (χ0v) is 21.9. The number of benzene rings is 1. The predicted octanol–water partition coefficient (Wildman–Crippen LogP) is 4.98. The van der Waals surface area contributed by atoms with E-state index in [1.165, 1.54) is 12.1 Å². The minimum absolute atomic E-state index is 0.199. The molecule has 1 saturated heterocycles. The summed E-state index contributed by atoms with van der Waals surface area (Å²) in [6, 6.07) is 8.31. The van der Waals surface area contributed by atoms with Crippen LogP contribution >= 0.6 is 0 Å². The van der Waals surface area contributed by atoms with Gasteiger partial charge >= 0.3 is 5.97 Å². The number of ether oxygens (including phenoxy) is 2. The third-order valence-electron chi connectivity index (χ3n) is 7.34. The minimum atomic E-state index is -0.504. The number of piperazine rings is 1. The third-order valence-corrected chi connectivity index (χ3v) is 7.34. The number of halogens is 1. The fourth-order valence-corrected chi connectivity index (χ4v) is 5.15. The Bertz CT molecular complexity index is 954. The normalized spacial score (nSPS) is 20.4. The number of rotatable bonds is 12. The molecule has 2 unspecified atom stereocenters. The van der Waals surface area contributed by atoms with Crippen LogP contribution in [0.15, 0.2) is 48.1 Å². The molecule has 36 heavy (non-hydrogen) atoms. The molecule has 196 valence electrons. The molecule has 7 heteroatoms. The lowest BCUT2D eigenvalue weighted by Gasteiger charge is -2.40. The first-order chi connectivity index (χ1) is 17.4. The maximum Gasteiger partial charge on any atom is 0.324 e. The molecule has 0 bridgehead atoms. The Balaban J connectivity index is 1.57. The van der Waals surface area contributed by atoms with Crippen molar-refractivity contribution < 1.29 is 18.7 Å². The second-order valence-corrected chi connectivity index (χ2v) is 9.89. The van der Waals surface area contributed by atoms with Crippen molar-refractivity contribution >= 4 is 5.97 Å². The van der Waals surface area contributed by atoms with E-state index in [4.69, 9.17) is 9.47 Å². The molecule has 0 spiro atoms. The number of carbonyl (C=O) groups excluding carboxylic acids is 1. The van der Waals surface area contributed by atoms with Gasteiger partial charge in [-0.15, -0.1) is 0 Å². The van der Waals surface area contributed by atoms with E-state index in [-0.39, 0.29) is 23.7 Å². The van der Waals surface area contributed by atoms with Crippen LogP contribution < -0.4 is 4.74 Å². The lowest BCUT2D eigenvalue weighted by molar-refractivity contribution is -0.152. The molecule has 6 nitrogen and oxygen atoms in total. The second-order valence-electron chi connectivity index (χ2n) is 9.89. The van der Waals surface area contributed by atoms with Crippen LogP contribution in [0.5, 0.6) is 5.75 Å². The monoisotopic (exact) mass is 497 g/mol. The topological polar surface area (TPSA) is 65.8 Å². The Morgan fingerprint density at radius 3 is 2.64 bits per heavy atom. The van der Waals surface area contributed by atoms with Gasteiger partial charge in [0.1, 0.15) is 24.2 Å². The quantitative estimate of drug-likeness (QED) is 0.380. The van der Waals surface area contributed by atoms with E-state index < -0.39 is 5.41 Å². The van der Waals surface area contributed by atoms with E-state index in [9.17, 15) is 14.4 Å².